The SMILES string of the molecule is CCNC(=NCc1cn(C)nc1C(F)(F)F)N(C)Cc1ncc(-c2ccccc2)[nH]1. The van der Waals surface area contributed by atoms with Gasteiger partial charge in [-0.05, 0) is 12.5 Å². The van der Waals surface area contributed by atoms with Gasteiger partial charge in [0.2, 0.25) is 0 Å². The summed E-state index contributed by atoms with van der Waals surface area (Å²) in [5.74, 6) is 1.20. The van der Waals surface area contributed by atoms with Crippen LogP contribution in [0, 0.1) is 0 Å². The number of hydrogen-bond donors (Lipinski definition) is 2. The van der Waals surface area contributed by atoms with Gasteiger partial charge < -0.3 is 15.2 Å². The average Bonchev–Trinajstić information content (AvgIpc) is 3.32. The summed E-state index contributed by atoms with van der Waals surface area (Å²) < 4.78 is 40.6. The summed E-state index contributed by atoms with van der Waals surface area (Å²) in [4.78, 5) is 13.8. The van der Waals surface area contributed by atoms with Crippen molar-refractivity contribution in [2.24, 2.45) is 12.0 Å². The zero-order valence-electron chi connectivity index (χ0n) is 17.0. The van der Waals surface area contributed by atoms with Crippen LogP contribution in [0.4, 0.5) is 13.2 Å². The molecular formula is C20H24F3N7. The van der Waals surface area contributed by atoms with Crippen LogP contribution in [-0.2, 0) is 26.3 Å². The summed E-state index contributed by atoms with van der Waals surface area (Å²) >= 11 is 0. The van der Waals surface area contributed by atoms with Crippen LogP contribution in [0.5, 0.6) is 0 Å². The van der Waals surface area contributed by atoms with Crippen molar-refractivity contribution >= 4 is 5.96 Å². The molecule has 0 aliphatic heterocycles. The van der Waals surface area contributed by atoms with Crippen molar-refractivity contribution in [1.29, 1.82) is 0 Å². The number of alkyl halides is 3. The Morgan fingerprint density at radius 3 is 2.67 bits per heavy atom. The quantitative estimate of drug-likeness (QED) is 0.474. The molecule has 0 amide bonds. The molecule has 7 nitrogen and oxygen atoms in total. The number of benzene rings is 1. The van der Waals surface area contributed by atoms with Gasteiger partial charge in [-0.15, -0.1) is 0 Å². The minimum Gasteiger partial charge on any atom is -0.357 e. The zero-order valence-corrected chi connectivity index (χ0v) is 17.0. The maximum atomic E-state index is 13.2. The molecule has 1 aromatic carbocycles. The van der Waals surface area contributed by atoms with Crippen LogP contribution in [0.1, 0.15) is 24.0 Å². The van der Waals surface area contributed by atoms with Crippen molar-refractivity contribution in [1.82, 2.24) is 30.0 Å². The largest absolute Gasteiger partial charge is 0.435 e. The monoisotopic (exact) mass is 419 g/mol. The van der Waals surface area contributed by atoms with E-state index in [1.807, 2.05) is 37.3 Å². The van der Waals surface area contributed by atoms with Crippen molar-refractivity contribution in [2.75, 3.05) is 13.6 Å². The molecule has 30 heavy (non-hydrogen) atoms. The van der Waals surface area contributed by atoms with Crippen LogP contribution in [0.3, 0.4) is 0 Å². The van der Waals surface area contributed by atoms with Gasteiger partial charge in [-0.1, -0.05) is 30.3 Å². The number of hydrogen-bond acceptors (Lipinski definition) is 3. The lowest BCUT2D eigenvalue weighted by molar-refractivity contribution is -0.142. The number of rotatable bonds is 6. The topological polar surface area (TPSA) is 74.1 Å². The smallest absolute Gasteiger partial charge is 0.357 e. The molecular weight excluding hydrogens is 395 g/mol. The Morgan fingerprint density at radius 2 is 2.00 bits per heavy atom. The number of nitrogens with zero attached hydrogens (tertiary/aromatic N) is 5. The Labute approximate surface area is 172 Å². The molecule has 0 bridgehead atoms. The van der Waals surface area contributed by atoms with Gasteiger partial charge in [0, 0.05) is 32.4 Å². The highest BCUT2D eigenvalue weighted by atomic mass is 19.4. The van der Waals surface area contributed by atoms with E-state index in [-0.39, 0.29) is 12.1 Å². The van der Waals surface area contributed by atoms with Gasteiger partial charge in [0.1, 0.15) is 5.82 Å². The highest BCUT2D eigenvalue weighted by molar-refractivity contribution is 5.79. The maximum absolute atomic E-state index is 13.2. The molecule has 160 valence electrons. The fraction of sp³-hybridized carbons (Fsp3) is 0.350. The summed E-state index contributed by atoms with van der Waals surface area (Å²) in [6.45, 7) is 2.76. The summed E-state index contributed by atoms with van der Waals surface area (Å²) in [6.07, 6.45) is -1.42. The summed E-state index contributed by atoms with van der Waals surface area (Å²) in [6, 6.07) is 9.81. The first kappa shape index (κ1) is 21.4. The number of guanidine groups is 1. The lowest BCUT2D eigenvalue weighted by Gasteiger charge is -2.21. The number of aliphatic imine (C=N–C) groups is 1. The van der Waals surface area contributed by atoms with Gasteiger partial charge in [-0.2, -0.15) is 18.3 Å². The molecule has 2 N–H and O–H groups in total. The van der Waals surface area contributed by atoms with Crippen molar-refractivity contribution in [3.8, 4) is 11.3 Å². The molecule has 0 fully saturated rings. The molecule has 0 saturated carbocycles. The van der Waals surface area contributed by atoms with Crippen LogP contribution in [0.15, 0.2) is 47.7 Å². The first-order chi connectivity index (χ1) is 14.3. The zero-order chi connectivity index (χ0) is 21.7. The number of H-pyrrole nitrogens is 1. The molecule has 2 heterocycles. The van der Waals surface area contributed by atoms with E-state index in [1.165, 1.54) is 13.2 Å². The van der Waals surface area contributed by atoms with E-state index in [9.17, 15) is 13.2 Å². The van der Waals surface area contributed by atoms with Crippen molar-refractivity contribution in [2.45, 2.75) is 26.2 Å². The van der Waals surface area contributed by atoms with Gasteiger partial charge in [0.25, 0.3) is 0 Å². The lowest BCUT2D eigenvalue weighted by atomic mass is 10.2. The molecule has 0 unspecified atom stereocenters. The van der Waals surface area contributed by atoms with Crippen LogP contribution >= 0.6 is 0 Å². The Hall–Kier alpha value is -3.30. The number of aryl methyl sites for hydroxylation is 1. The second-order valence-corrected chi connectivity index (χ2v) is 6.81. The lowest BCUT2D eigenvalue weighted by Crippen LogP contribution is -2.38. The highest BCUT2D eigenvalue weighted by Gasteiger charge is 2.36. The van der Waals surface area contributed by atoms with Gasteiger partial charge in [0.15, 0.2) is 11.7 Å². The standard InChI is InChI=1S/C20H24F3N7/c1-4-24-19(26-10-15-12-30(3)28-18(15)20(21,22)23)29(2)13-17-25-11-16(27-17)14-8-6-5-7-9-14/h5-9,11-12H,4,10,13H2,1-3H3,(H,24,26)(H,25,27). The number of nitrogens with one attached hydrogen (secondary N) is 2. The predicted octanol–water partition coefficient (Wildman–Crippen LogP) is 3.43. The van der Waals surface area contributed by atoms with Crippen LogP contribution in [0.2, 0.25) is 0 Å². The van der Waals surface area contributed by atoms with Gasteiger partial charge in [0.05, 0.1) is 25.0 Å². The van der Waals surface area contributed by atoms with Crippen LogP contribution < -0.4 is 5.32 Å². The second-order valence-electron chi connectivity index (χ2n) is 6.81. The van der Waals surface area contributed by atoms with Crippen LogP contribution in [0.25, 0.3) is 11.3 Å². The van der Waals surface area contributed by atoms with Crippen molar-refractivity contribution in [3.05, 3.63) is 59.8 Å². The predicted molar refractivity (Wildman–Crippen MR) is 109 cm³/mol. The summed E-state index contributed by atoms with van der Waals surface area (Å²) in [5.41, 5.74) is 1.03. The van der Waals surface area contributed by atoms with E-state index in [2.05, 4.69) is 25.4 Å². The minimum atomic E-state index is -4.52. The number of aromatic nitrogens is 4. The Morgan fingerprint density at radius 1 is 1.27 bits per heavy atom. The molecule has 0 spiro atoms. The third-order valence-corrected chi connectivity index (χ3v) is 4.37. The molecule has 0 saturated heterocycles. The highest BCUT2D eigenvalue weighted by Crippen LogP contribution is 2.30. The van der Waals surface area contributed by atoms with E-state index in [0.717, 1.165) is 21.8 Å². The summed E-state index contributed by atoms with van der Waals surface area (Å²) in [5, 5.41) is 6.63. The number of aromatic amines is 1. The first-order valence-corrected chi connectivity index (χ1v) is 9.46. The van der Waals surface area contributed by atoms with Gasteiger partial charge in [-0.3, -0.25) is 4.68 Å². The van der Waals surface area contributed by atoms with Gasteiger partial charge >= 0.3 is 6.18 Å². The minimum absolute atomic E-state index is 0.0261. The molecule has 3 aromatic rings. The van der Waals surface area contributed by atoms with E-state index in [0.29, 0.717) is 19.0 Å². The van der Waals surface area contributed by atoms with Gasteiger partial charge in [-0.25, -0.2) is 9.98 Å². The maximum Gasteiger partial charge on any atom is 0.435 e. The average molecular weight is 419 g/mol. The molecule has 0 atom stereocenters. The van der Waals surface area contributed by atoms with E-state index in [4.69, 9.17) is 0 Å². The number of halogens is 3. The fourth-order valence-corrected chi connectivity index (χ4v) is 3.03. The normalized spacial score (nSPS) is 12.3. The molecule has 10 heteroatoms. The molecule has 0 aliphatic carbocycles. The van der Waals surface area contributed by atoms with Crippen molar-refractivity contribution in [3.63, 3.8) is 0 Å². The Balaban J connectivity index is 1.74. The summed E-state index contributed by atoms with van der Waals surface area (Å²) in [7, 11) is 3.27. The van der Waals surface area contributed by atoms with Crippen molar-refractivity contribution < 1.29 is 13.2 Å². The first-order valence-electron chi connectivity index (χ1n) is 9.46. The molecule has 2 aromatic heterocycles. The van der Waals surface area contributed by atoms with Crippen LogP contribution in [-0.4, -0.2) is 44.2 Å². The van der Waals surface area contributed by atoms with E-state index in [1.54, 1.807) is 18.1 Å². The Kier molecular flexibility index (Phi) is 6.43. The second kappa shape index (κ2) is 9.02. The van der Waals surface area contributed by atoms with E-state index >= 15 is 0 Å². The third kappa shape index (κ3) is 5.19. The molecule has 0 aliphatic rings. The third-order valence-electron chi connectivity index (χ3n) is 4.37. The Bertz CT molecular complexity index is 990. The fourth-order valence-electron chi connectivity index (χ4n) is 3.03. The molecule has 0 radical (unpaired) electrons. The number of imidazole rings is 1. The van der Waals surface area contributed by atoms with E-state index < -0.39 is 11.9 Å². The molecule has 3 rings (SSSR count).